The molecule has 1 aliphatic heterocycles. The van der Waals surface area contributed by atoms with Gasteiger partial charge in [0, 0.05) is 18.7 Å². The number of amides is 1. The van der Waals surface area contributed by atoms with Crippen molar-refractivity contribution in [2.45, 2.75) is 44.2 Å². The molecule has 1 aromatic carbocycles. The molecule has 0 radical (unpaired) electrons. The average molecular weight is 434 g/mol. The van der Waals surface area contributed by atoms with E-state index in [1.807, 2.05) is 19.9 Å². The molecule has 0 unspecified atom stereocenters. The number of sulfonamides is 1. The highest BCUT2D eigenvalue weighted by molar-refractivity contribution is 7.90. The quantitative estimate of drug-likeness (QED) is 0.559. The third-order valence-corrected chi connectivity index (χ3v) is 6.37. The van der Waals surface area contributed by atoms with Crippen molar-refractivity contribution in [3.05, 3.63) is 54.0 Å². The van der Waals surface area contributed by atoms with Crippen LogP contribution in [0.5, 0.6) is 0 Å². The van der Waals surface area contributed by atoms with Crippen LogP contribution in [0, 0.1) is 5.92 Å². The monoisotopic (exact) mass is 433 g/mol. The Hall–Kier alpha value is -2.65. The second kappa shape index (κ2) is 9.90. The van der Waals surface area contributed by atoms with Gasteiger partial charge in [-0.25, -0.2) is 8.42 Å². The lowest BCUT2D eigenvalue weighted by Crippen LogP contribution is -2.39. The highest BCUT2D eigenvalue weighted by Crippen LogP contribution is 2.24. The summed E-state index contributed by atoms with van der Waals surface area (Å²) in [7, 11) is -3.64. The largest absolute Gasteiger partial charge is 0.467 e. The zero-order valence-corrected chi connectivity index (χ0v) is 17.9. The Labute approximate surface area is 176 Å². The van der Waals surface area contributed by atoms with E-state index in [0.717, 1.165) is 12.2 Å². The van der Waals surface area contributed by atoms with Crippen LogP contribution in [0.25, 0.3) is 0 Å². The van der Waals surface area contributed by atoms with E-state index in [1.54, 1.807) is 30.5 Å². The van der Waals surface area contributed by atoms with Crippen LogP contribution in [0.2, 0.25) is 0 Å². The highest BCUT2D eigenvalue weighted by Gasteiger charge is 2.32. The Kier molecular flexibility index (Phi) is 7.28. The lowest BCUT2D eigenvalue weighted by molar-refractivity contribution is -0.123. The summed E-state index contributed by atoms with van der Waals surface area (Å²) >= 11 is 0. The van der Waals surface area contributed by atoms with Gasteiger partial charge in [0.2, 0.25) is 5.91 Å². The number of amidine groups is 1. The summed E-state index contributed by atoms with van der Waals surface area (Å²) in [5.41, 5.74) is 0.491. The van der Waals surface area contributed by atoms with Crippen molar-refractivity contribution in [3.8, 4) is 0 Å². The molecule has 0 saturated heterocycles. The summed E-state index contributed by atoms with van der Waals surface area (Å²) in [4.78, 5) is 17.5. The number of nitrogens with one attached hydrogen (secondary N) is 2. The molecule has 2 N–H and O–H groups in total. The van der Waals surface area contributed by atoms with E-state index in [9.17, 15) is 13.2 Å². The van der Waals surface area contributed by atoms with Crippen LogP contribution in [0.4, 0.5) is 0 Å². The van der Waals surface area contributed by atoms with Gasteiger partial charge in [0.25, 0.3) is 10.0 Å². The number of aliphatic imine (C=N–C) groups is 1. The van der Waals surface area contributed by atoms with Crippen molar-refractivity contribution in [1.29, 1.82) is 0 Å². The first-order valence-electron chi connectivity index (χ1n) is 10.00. The van der Waals surface area contributed by atoms with Crippen LogP contribution >= 0.6 is 0 Å². The van der Waals surface area contributed by atoms with Crippen LogP contribution < -0.4 is 10.0 Å². The molecule has 3 rings (SSSR count). The molecule has 1 aromatic heterocycles. The van der Waals surface area contributed by atoms with Crippen molar-refractivity contribution < 1.29 is 22.4 Å². The smallest absolute Gasteiger partial charge is 0.263 e. The molecule has 0 fully saturated rings. The normalized spacial score (nSPS) is 17.9. The first-order valence-corrected chi connectivity index (χ1v) is 11.5. The van der Waals surface area contributed by atoms with Gasteiger partial charge in [-0.2, -0.15) is 0 Å². The van der Waals surface area contributed by atoms with E-state index in [1.165, 1.54) is 6.07 Å². The third kappa shape index (κ3) is 5.28. The number of furan rings is 1. The first kappa shape index (κ1) is 22.0. The van der Waals surface area contributed by atoms with Gasteiger partial charge >= 0.3 is 0 Å². The SMILES string of the molecule is CC[C@H](C)[C@H](N=C1NS(=O)(=O)c2ccccc21)C(=O)NCCCOCc1ccco1. The summed E-state index contributed by atoms with van der Waals surface area (Å²) in [5.74, 6) is 0.690. The van der Waals surface area contributed by atoms with E-state index in [4.69, 9.17) is 9.15 Å². The zero-order chi connectivity index (χ0) is 21.6. The maximum atomic E-state index is 12.8. The fourth-order valence-corrected chi connectivity index (χ4v) is 4.33. The molecule has 1 amide bonds. The molecule has 2 aromatic rings. The number of benzene rings is 1. The molecule has 1 aliphatic rings. The number of nitrogens with zero attached hydrogens (tertiary/aromatic N) is 1. The summed E-state index contributed by atoms with van der Waals surface area (Å²) in [6.45, 7) is 5.22. The molecular formula is C21H27N3O5S. The second-order valence-electron chi connectivity index (χ2n) is 7.19. The van der Waals surface area contributed by atoms with Crippen LogP contribution in [-0.4, -0.2) is 39.4 Å². The van der Waals surface area contributed by atoms with Gasteiger partial charge in [-0.1, -0.05) is 32.4 Å². The number of fused-ring (bicyclic) bond motifs is 1. The van der Waals surface area contributed by atoms with Gasteiger partial charge in [0.05, 0.1) is 11.2 Å². The molecule has 0 aliphatic carbocycles. The van der Waals surface area contributed by atoms with Crippen molar-refractivity contribution in [2.24, 2.45) is 10.9 Å². The van der Waals surface area contributed by atoms with Crippen LogP contribution in [0.3, 0.4) is 0 Å². The minimum absolute atomic E-state index is 0.0510. The van der Waals surface area contributed by atoms with Gasteiger partial charge in [-0.3, -0.25) is 14.5 Å². The lowest BCUT2D eigenvalue weighted by Gasteiger charge is -2.19. The highest BCUT2D eigenvalue weighted by atomic mass is 32.2. The van der Waals surface area contributed by atoms with Gasteiger partial charge in [0.15, 0.2) is 0 Å². The molecule has 2 heterocycles. The Bertz CT molecular complexity index is 986. The summed E-state index contributed by atoms with van der Waals surface area (Å²) in [6.07, 6.45) is 2.97. The average Bonchev–Trinajstić information content (AvgIpc) is 3.34. The topological polar surface area (TPSA) is 110 Å². The molecule has 162 valence electrons. The Balaban J connectivity index is 1.59. The summed E-state index contributed by atoms with van der Waals surface area (Å²) in [6, 6.07) is 9.58. The molecule has 0 bridgehead atoms. The van der Waals surface area contributed by atoms with E-state index in [2.05, 4.69) is 15.0 Å². The molecule has 0 saturated carbocycles. The van der Waals surface area contributed by atoms with Gasteiger partial charge in [-0.15, -0.1) is 0 Å². The number of hydrogen-bond donors (Lipinski definition) is 2. The lowest BCUT2D eigenvalue weighted by atomic mass is 9.98. The number of ether oxygens (including phenoxy) is 1. The third-order valence-electron chi connectivity index (χ3n) is 4.97. The van der Waals surface area contributed by atoms with Gasteiger partial charge in [0.1, 0.15) is 24.2 Å². The molecule has 0 spiro atoms. The maximum Gasteiger partial charge on any atom is 0.263 e. The number of hydrogen-bond acceptors (Lipinski definition) is 6. The number of rotatable bonds is 10. The van der Waals surface area contributed by atoms with Crippen molar-refractivity contribution in [3.63, 3.8) is 0 Å². The van der Waals surface area contributed by atoms with E-state index in [0.29, 0.717) is 31.7 Å². The number of carbonyl (C=O) groups is 1. The molecular weight excluding hydrogens is 406 g/mol. The van der Waals surface area contributed by atoms with E-state index in [-0.39, 0.29) is 22.6 Å². The van der Waals surface area contributed by atoms with Gasteiger partial charge in [-0.05, 0) is 36.6 Å². The standard InChI is InChI=1S/C21H27N3O5S/c1-3-15(2)19(21(25)22-11-7-12-28-14-16-8-6-13-29-16)23-20-17-9-4-5-10-18(17)30(26,27)24-20/h4-6,8-10,13,15,19H,3,7,11-12,14H2,1-2H3,(H,22,25)(H,23,24)/t15-,19-/m0/s1. The van der Waals surface area contributed by atoms with E-state index < -0.39 is 16.1 Å². The zero-order valence-electron chi connectivity index (χ0n) is 17.1. The summed E-state index contributed by atoms with van der Waals surface area (Å²) in [5, 5.41) is 2.88. The predicted molar refractivity (Wildman–Crippen MR) is 113 cm³/mol. The Morgan fingerprint density at radius 2 is 2.07 bits per heavy atom. The molecule has 30 heavy (non-hydrogen) atoms. The molecule has 9 heteroatoms. The van der Waals surface area contributed by atoms with Crippen molar-refractivity contribution in [1.82, 2.24) is 10.0 Å². The van der Waals surface area contributed by atoms with Crippen LogP contribution in [-0.2, 0) is 26.2 Å². The van der Waals surface area contributed by atoms with Gasteiger partial charge < -0.3 is 14.5 Å². The minimum atomic E-state index is -3.64. The van der Waals surface area contributed by atoms with Crippen LogP contribution in [0.15, 0.2) is 57.0 Å². The van der Waals surface area contributed by atoms with Crippen molar-refractivity contribution >= 4 is 21.8 Å². The fourth-order valence-electron chi connectivity index (χ4n) is 3.09. The van der Waals surface area contributed by atoms with Crippen LogP contribution in [0.1, 0.15) is 38.0 Å². The molecule has 2 atom stereocenters. The van der Waals surface area contributed by atoms with Crippen molar-refractivity contribution in [2.75, 3.05) is 13.2 Å². The first-order chi connectivity index (χ1) is 14.4. The second-order valence-corrected chi connectivity index (χ2v) is 8.84. The maximum absolute atomic E-state index is 12.8. The minimum Gasteiger partial charge on any atom is -0.467 e. The number of carbonyl (C=O) groups excluding carboxylic acids is 1. The molecule has 8 nitrogen and oxygen atoms in total. The fraction of sp³-hybridized carbons (Fsp3) is 0.429. The summed E-state index contributed by atoms with van der Waals surface area (Å²) < 4.78 is 37.8. The predicted octanol–water partition coefficient (Wildman–Crippen LogP) is 2.46. The van der Waals surface area contributed by atoms with E-state index >= 15 is 0 Å². The Morgan fingerprint density at radius 1 is 1.27 bits per heavy atom. The Morgan fingerprint density at radius 3 is 2.80 bits per heavy atom.